The first-order valence-electron chi connectivity index (χ1n) is 7.79. The van der Waals surface area contributed by atoms with Crippen molar-refractivity contribution in [3.63, 3.8) is 0 Å². The summed E-state index contributed by atoms with van der Waals surface area (Å²) in [7, 11) is 0. The lowest BCUT2D eigenvalue weighted by atomic mass is 9.80. The van der Waals surface area contributed by atoms with E-state index >= 15 is 0 Å². The Labute approximate surface area is 125 Å². The lowest BCUT2D eigenvalue weighted by Crippen LogP contribution is -2.55. The van der Waals surface area contributed by atoms with Crippen molar-refractivity contribution in [2.75, 3.05) is 6.61 Å². The van der Waals surface area contributed by atoms with Crippen molar-refractivity contribution >= 4 is 5.91 Å². The van der Waals surface area contributed by atoms with Gasteiger partial charge in [0.2, 0.25) is 5.91 Å². The molecule has 1 aromatic rings. The monoisotopic (exact) mass is 295 g/mol. The maximum atomic E-state index is 12.9. The zero-order valence-electron chi connectivity index (χ0n) is 12.8. The van der Waals surface area contributed by atoms with E-state index in [2.05, 4.69) is 27.8 Å². The molecule has 1 amide bonds. The van der Waals surface area contributed by atoms with Crippen LogP contribution in [0.1, 0.15) is 52.4 Å². The van der Waals surface area contributed by atoms with Gasteiger partial charge in [0.15, 0.2) is 0 Å². The molecule has 7 nitrogen and oxygen atoms in total. The van der Waals surface area contributed by atoms with Gasteiger partial charge in [0.1, 0.15) is 11.9 Å². The van der Waals surface area contributed by atoms with Crippen LogP contribution in [0.25, 0.3) is 0 Å². The highest BCUT2D eigenvalue weighted by Crippen LogP contribution is 2.34. The first-order chi connectivity index (χ1) is 10.1. The molecule has 1 heterocycles. The average molecular weight is 295 g/mol. The number of carbonyl (C=O) groups excluding carboxylic acids is 1. The van der Waals surface area contributed by atoms with Gasteiger partial charge in [-0.05, 0) is 29.2 Å². The average Bonchev–Trinajstić information content (AvgIpc) is 3.07. The van der Waals surface area contributed by atoms with Crippen LogP contribution in [0.2, 0.25) is 0 Å². The van der Waals surface area contributed by atoms with Crippen LogP contribution in [-0.4, -0.2) is 43.9 Å². The Morgan fingerprint density at radius 1 is 1.43 bits per heavy atom. The predicted molar refractivity (Wildman–Crippen MR) is 77.3 cm³/mol. The minimum Gasteiger partial charge on any atom is -0.394 e. The van der Waals surface area contributed by atoms with Crippen LogP contribution in [0.5, 0.6) is 0 Å². The molecule has 0 unspecified atom stereocenters. The second kappa shape index (κ2) is 6.98. The Morgan fingerprint density at radius 3 is 2.67 bits per heavy atom. The lowest BCUT2D eigenvalue weighted by Gasteiger charge is -2.37. The summed E-state index contributed by atoms with van der Waals surface area (Å²) in [5.41, 5.74) is -0.706. The molecule has 0 bridgehead atoms. The van der Waals surface area contributed by atoms with E-state index in [9.17, 15) is 9.90 Å². The molecular formula is C14H25N5O2. The zero-order valence-corrected chi connectivity index (χ0v) is 12.8. The van der Waals surface area contributed by atoms with Gasteiger partial charge >= 0.3 is 0 Å². The normalized spacial score (nSPS) is 20.7. The zero-order chi connectivity index (χ0) is 15.3. The van der Waals surface area contributed by atoms with Gasteiger partial charge in [-0.25, -0.2) is 4.68 Å². The number of carbonyl (C=O) groups is 1. The van der Waals surface area contributed by atoms with Gasteiger partial charge in [-0.15, -0.1) is 5.10 Å². The Morgan fingerprint density at radius 2 is 2.14 bits per heavy atom. The highest BCUT2D eigenvalue weighted by atomic mass is 16.3. The van der Waals surface area contributed by atoms with E-state index in [1.54, 1.807) is 4.68 Å². The van der Waals surface area contributed by atoms with Gasteiger partial charge in [-0.3, -0.25) is 4.79 Å². The molecule has 1 aliphatic rings. The number of nitrogens with one attached hydrogen (secondary N) is 1. The molecule has 0 spiro atoms. The van der Waals surface area contributed by atoms with E-state index in [0.717, 1.165) is 38.5 Å². The number of amides is 1. The highest BCUT2D eigenvalue weighted by molar-refractivity contribution is 5.84. The fourth-order valence-corrected chi connectivity index (χ4v) is 3.01. The van der Waals surface area contributed by atoms with E-state index in [0.29, 0.717) is 0 Å². The van der Waals surface area contributed by atoms with E-state index in [1.165, 1.54) is 6.33 Å². The van der Waals surface area contributed by atoms with Crippen LogP contribution in [0.4, 0.5) is 0 Å². The van der Waals surface area contributed by atoms with Crippen LogP contribution in [0.15, 0.2) is 6.33 Å². The number of aliphatic hydroxyl groups is 1. The third-order valence-electron chi connectivity index (χ3n) is 4.73. The van der Waals surface area contributed by atoms with Crippen molar-refractivity contribution in [3.05, 3.63) is 6.33 Å². The molecular weight excluding hydrogens is 270 g/mol. The summed E-state index contributed by atoms with van der Waals surface area (Å²) in [6, 6.07) is -0.224. The van der Waals surface area contributed by atoms with Crippen LogP contribution >= 0.6 is 0 Å². The van der Waals surface area contributed by atoms with Gasteiger partial charge in [-0.2, -0.15) is 0 Å². The summed E-state index contributed by atoms with van der Waals surface area (Å²) in [5, 5.41) is 23.9. The molecule has 7 heteroatoms. The Kier molecular flexibility index (Phi) is 5.27. The standard InChI is InChI=1S/C14H25N5O2/c1-3-11(2)12(9-20)16-13(21)14(7-5-4-6-8-14)19-10-15-17-18-19/h10-12,20H,3-9H2,1-2H3,(H,16,21)/t11-,12+/m1/s1. The predicted octanol–water partition coefficient (Wildman–Crippen LogP) is 0.856. The number of hydrogen-bond donors (Lipinski definition) is 2. The van der Waals surface area contributed by atoms with Gasteiger partial charge in [-0.1, -0.05) is 39.5 Å². The highest BCUT2D eigenvalue weighted by Gasteiger charge is 2.43. The third-order valence-corrected chi connectivity index (χ3v) is 4.73. The molecule has 2 N–H and O–H groups in total. The van der Waals surface area contributed by atoms with Crippen molar-refractivity contribution in [2.45, 2.75) is 64.0 Å². The molecule has 1 aliphatic carbocycles. The lowest BCUT2D eigenvalue weighted by molar-refractivity contribution is -0.134. The summed E-state index contributed by atoms with van der Waals surface area (Å²) < 4.78 is 1.59. The van der Waals surface area contributed by atoms with Crippen molar-refractivity contribution in [2.24, 2.45) is 5.92 Å². The Hall–Kier alpha value is -1.50. The van der Waals surface area contributed by atoms with Crippen LogP contribution in [0, 0.1) is 5.92 Å². The molecule has 2 atom stereocenters. The maximum absolute atomic E-state index is 12.9. The molecule has 1 aromatic heterocycles. The molecule has 0 radical (unpaired) electrons. The fraction of sp³-hybridized carbons (Fsp3) is 0.857. The second-order valence-electron chi connectivity index (χ2n) is 5.99. The van der Waals surface area contributed by atoms with E-state index in [1.807, 2.05) is 6.92 Å². The van der Waals surface area contributed by atoms with Gasteiger partial charge in [0.05, 0.1) is 12.6 Å². The third kappa shape index (κ3) is 3.23. The Balaban J connectivity index is 2.19. The molecule has 0 aliphatic heterocycles. The van der Waals surface area contributed by atoms with E-state index < -0.39 is 5.54 Å². The summed E-state index contributed by atoms with van der Waals surface area (Å²) in [5.74, 6) is 0.155. The number of hydrogen-bond acceptors (Lipinski definition) is 5. The van der Waals surface area contributed by atoms with E-state index in [-0.39, 0.29) is 24.5 Å². The SMILES string of the molecule is CC[C@@H](C)[C@H](CO)NC(=O)C1(n2cnnn2)CCCCC1. The first-order valence-corrected chi connectivity index (χ1v) is 7.79. The number of rotatable bonds is 6. The summed E-state index contributed by atoms with van der Waals surface area (Å²) in [4.78, 5) is 12.9. The maximum Gasteiger partial charge on any atom is 0.248 e. The van der Waals surface area contributed by atoms with Crippen LogP contribution in [0.3, 0.4) is 0 Å². The smallest absolute Gasteiger partial charge is 0.248 e. The van der Waals surface area contributed by atoms with Crippen LogP contribution < -0.4 is 5.32 Å². The first kappa shape index (κ1) is 15.9. The summed E-state index contributed by atoms with van der Waals surface area (Å²) in [6.45, 7) is 4.04. The van der Waals surface area contributed by atoms with Crippen molar-refractivity contribution in [1.29, 1.82) is 0 Å². The molecule has 118 valence electrons. The molecule has 2 rings (SSSR count). The molecule has 0 saturated heterocycles. The van der Waals surface area contributed by atoms with Crippen LogP contribution in [-0.2, 0) is 10.3 Å². The Bertz CT molecular complexity index is 442. The van der Waals surface area contributed by atoms with Gasteiger partial charge in [0.25, 0.3) is 0 Å². The number of aliphatic hydroxyl groups excluding tert-OH is 1. The minimum atomic E-state index is -0.706. The number of nitrogens with zero attached hydrogens (tertiary/aromatic N) is 4. The largest absolute Gasteiger partial charge is 0.394 e. The summed E-state index contributed by atoms with van der Waals surface area (Å²) >= 11 is 0. The van der Waals surface area contributed by atoms with Crippen molar-refractivity contribution in [3.8, 4) is 0 Å². The number of aromatic nitrogens is 4. The van der Waals surface area contributed by atoms with Crippen molar-refractivity contribution < 1.29 is 9.90 Å². The second-order valence-corrected chi connectivity index (χ2v) is 5.99. The number of tetrazole rings is 1. The van der Waals surface area contributed by atoms with Gasteiger partial charge in [0, 0.05) is 0 Å². The van der Waals surface area contributed by atoms with Gasteiger partial charge < -0.3 is 10.4 Å². The molecule has 0 aromatic carbocycles. The topological polar surface area (TPSA) is 92.9 Å². The minimum absolute atomic E-state index is 0.0492. The molecule has 1 fully saturated rings. The fourth-order valence-electron chi connectivity index (χ4n) is 3.01. The summed E-state index contributed by atoms with van der Waals surface area (Å²) in [6.07, 6.45) is 7.00. The quantitative estimate of drug-likeness (QED) is 0.812. The van der Waals surface area contributed by atoms with E-state index in [4.69, 9.17) is 0 Å². The molecule has 21 heavy (non-hydrogen) atoms. The van der Waals surface area contributed by atoms with Crippen molar-refractivity contribution in [1.82, 2.24) is 25.5 Å². The molecule has 1 saturated carbocycles.